The number of alkyl halides is 3. The van der Waals surface area contributed by atoms with Gasteiger partial charge >= 0.3 is 12.1 Å². The summed E-state index contributed by atoms with van der Waals surface area (Å²) < 4.78 is 45.9. The van der Waals surface area contributed by atoms with Crippen LogP contribution in [-0.2, 0) is 9.63 Å². The van der Waals surface area contributed by atoms with Crippen molar-refractivity contribution in [3.05, 3.63) is 77.9 Å². The highest BCUT2D eigenvalue weighted by Crippen LogP contribution is 2.30. The van der Waals surface area contributed by atoms with Gasteiger partial charge in [-0.25, -0.2) is 9.78 Å². The molecule has 2 aromatic carbocycles. The minimum absolute atomic E-state index is 0.0295. The number of carbonyl (C=O) groups excluding carboxylic acids is 2. The molecule has 1 unspecified atom stereocenters. The van der Waals surface area contributed by atoms with Crippen molar-refractivity contribution in [1.82, 2.24) is 14.9 Å². The highest BCUT2D eigenvalue weighted by Gasteiger charge is 2.44. The average molecular weight is 472 g/mol. The number of benzene rings is 2. The predicted octanol–water partition coefficient (Wildman–Crippen LogP) is 3.80. The number of hydrogen-bond acceptors (Lipinski definition) is 6. The molecule has 1 N–H and O–H groups in total. The number of hydrogen-bond donors (Lipinski definition) is 1. The maximum absolute atomic E-state index is 12.9. The van der Waals surface area contributed by atoms with E-state index in [1.807, 2.05) is 13.1 Å². The molecule has 1 aliphatic rings. The van der Waals surface area contributed by atoms with Gasteiger partial charge in [-0.3, -0.25) is 4.79 Å². The van der Waals surface area contributed by atoms with E-state index >= 15 is 0 Å². The lowest BCUT2D eigenvalue weighted by atomic mass is 10.1. The van der Waals surface area contributed by atoms with E-state index in [1.165, 1.54) is 31.4 Å². The summed E-state index contributed by atoms with van der Waals surface area (Å²) in [6, 6.07) is 11.1. The number of imidazole rings is 1. The second-order valence-electron chi connectivity index (χ2n) is 7.35. The van der Waals surface area contributed by atoms with Crippen LogP contribution in [0.15, 0.2) is 61.1 Å². The first kappa shape index (κ1) is 22.9. The summed E-state index contributed by atoms with van der Waals surface area (Å²) in [6.07, 6.45) is 0.0569. The summed E-state index contributed by atoms with van der Waals surface area (Å²) in [6.45, 7) is 1.86. The standard InChI is InChI=1S/C23H19F3N4O4/c1-14-12-29(13-27-14)18-9-7-15(11-19(18)33-2)8-10-20-28-21(31)16-5-3-4-6-17(16)30(20)34-22(32)23(24,25)26/h3-13,20H,1-2H3,(H,28,31). The van der Waals surface area contributed by atoms with Crippen molar-refractivity contribution >= 4 is 23.6 Å². The summed E-state index contributed by atoms with van der Waals surface area (Å²) in [5.74, 6) is -2.40. The molecular formula is C23H19F3N4O4. The van der Waals surface area contributed by atoms with Gasteiger partial charge in [0.15, 0.2) is 6.17 Å². The molecule has 8 nitrogen and oxygen atoms in total. The lowest BCUT2D eigenvalue weighted by Gasteiger charge is -2.35. The first-order valence-corrected chi connectivity index (χ1v) is 10.0. The van der Waals surface area contributed by atoms with Gasteiger partial charge in [-0.2, -0.15) is 18.2 Å². The van der Waals surface area contributed by atoms with Gasteiger partial charge in [0.25, 0.3) is 5.91 Å². The number of carbonyl (C=O) groups is 2. The van der Waals surface area contributed by atoms with Gasteiger partial charge in [-0.15, -0.1) is 0 Å². The summed E-state index contributed by atoms with van der Waals surface area (Å²) >= 11 is 0. The molecule has 0 aliphatic carbocycles. The number of aromatic nitrogens is 2. The minimum Gasteiger partial charge on any atom is -0.495 e. The van der Waals surface area contributed by atoms with E-state index in [-0.39, 0.29) is 11.3 Å². The molecule has 2 heterocycles. The van der Waals surface area contributed by atoms with E-state index in [0.717, 1.165) is 16.4 Å². The Bertz CT molecular complexity index is 1270. The first-order chi connectivity index (χ1) is 16.2. The summed E-state index contributed by atoms with van der Waals surface area (Å²) in [5, 5.41) is 3.26. The van der Waals surface area contributed by atoms with E-state index in [1.54, 1.807) is 41.2 Å². The number of anilines is 1. The van der Waals surface area contributed by atoms with Gasteiger partial charge in [0.05, 0.1) is 36.1 Å². The number of hydroxylamine groups is 1. The van der Waals surface area contributed by atoms with Gasteiger partial charge in [0.2, 0.25) is 0 Å². The molecule has 1 amide bonds. The molecule has 0 radical (unpaired) electrons. The number of methoxy groups -OCH3 is 1. The Labute approximate surface area is 192 Å². The highest BCUT2D eigenvalue weighted by molar-refractivity contribution is 6.02. The zero-order valence-corrected chi connectivity index (χ0v) is 18.0. The Kier molecular flexibility index (Phi) is 6.01. The number of nitrogens with one attached hydrogen (secondary N) is 1. The fraction of sp³-hybridized carbons (Fsp3) is 0.174. The smallest absolute Gasteiger partial charge is 0.493 e. The Morgan fingerprint density at radius 3 is 2.62 bits per heavy atom. The largest absolute Gasteiger partial charge is 0.495 e. The van der Waals surface area contributed by atoms with Gasteiger partial charge in [-0.1, -0.05) is 24.3 Å². The van der Waals surface area contributed by atoms with Crippen LogP contribution in [0, 0.1) is 6.92 Å². The maximum Gasteiger partial charge on any atom is 0.493 e. The van der Waals surface area contributed by atoms with Gasteiger partial charge < -0.3 is 19.5 Å². The average Bonchev–Trinajstić information content (AvgIpc) is 3.24. The van der Waals surface area contributed by atoms with E-state index in [2.05, 4.69) is 15.1 Å². The number of halogens is 3. The lowest BCUT2D eigenvalue weighted by Crippen LogP contribution is -2.53. The number of amides is 1. The molecule has 1 aliphatic heterocycles. The predicted molar refractivity (Wildman–Crippen MR) is 116 cm³/mol. The zero-order chi connectivity index (χ0) is 24.5. The number of ether oxygens (including phenoxy) is 1. The minimum atomic E-state index is -5.21. The number of aryl methyl sites for hydroxylation is 1. The van der Waals surface area contributed by atoms with Crippen LogP contribution in [-0.4, -0.2) is 40.9 Å². The molecule has 0 saturated carbocycles. The topological polar surface area (TPSA) is 85.7 Å². The Hall–Kier alpha value is -4.28. The zero-order valence-electron chi connectivity index (χ0n) is 18.0. The van der Waals surface area contributed by atoms with E-state index in [0.29, 0.717) is 11.3 Å². The van der Waals surface area contributed by atoms with Crippen molar-refractivity contribution in [2.75, 3.05) is 12.2 Å². The monoisotopic (exact) mass is 472 g/mol. The normalized spacial score (nSPS) is 15.7. The number of fused-ring (bicyclic) bond motifs is 1. The van der Waals surface area contributed by atoms with E-state index in [9.17, 15) is 22.8 Å². The second kappa shape index (κ2) is 8.93. The van der Waals surface area contributed by atoms with Crippen molar-refractivity contribution in [2.24, 2.45) is 0 Å². The molecule has 0 spiro atoms. The summed E-state index contributed by atoms with van der Waals surface area (Å²) in [5.41, 5.74) is 2.30. The Morgan fingerprint density at radius 1 is 1.18 bits per heavy atom. The van der Waals surface area contributed by atoms with Crippen LogP contribution in [0.25, 0.3) is 11.8 Å². The van der Waals surface area contributed by atoms with Crippen LogP contribution in [0.1, 0.15) is 21.6 Å². The Morgan fingerprint density at radius 2 is 1.94 bits per heavy atom. The van der Waals surface area contributed by atoms with Crippen LogP contribution < -0.4 is 15.1 Å². The van der Waals surface area contributed by atoms with Gasteiger partial charge in [-0.05, 0) is 42.8 Å². The van der Waals surface area contributed by atoms with E-state index < -0.39 is 24.2 Å². The fourth-order valence-electron chi connectivity index (χ4n) is 3.42. The molecule has 1 aromatic heterocycles. The lowest BCUT2D eigenvalue weighted by molar-refractivity contribution is -0.202. The van der Waals surface area contributed by atoms with Crippen molar-refractivity contribution in [2.45, 2.75) is 19.3 Å². The number of rotatable bonds is 5. The van der Waals surface area contributed by atoms with E-state index in [4.69, 9.17) is 4.74 Å². The first-order valence-electron chi connectivity index (χ1n) is 10.0. The van der Waals surface area contributed by atoms with Gasteiger partial charge in [0, 0.05) is 6.20 Å². The van der Waals surface area contributed by atoms with Gasteiger partial charge in [0.1, 0.15) is 5.75 Å². The quantitative estimate of drug-likeness (QED) is 0.608. The van der Waals surface area contributed by atoms with Crippen LogP contribution in [0.3, 0.4) is 0 Å². The molecule has 11 heteroatoms. The van der Waals surface area contributed by atoms with Crippen LogP contribution in [0.5, 0.6) is 5.75 Å². The third-order valence-electron chi connectivity index (χ3n) is 5.00. The third kappa shape index (κ3) is 4.58. The molecule has 0 saturated heterocycles. The second-order valence-corrected chi connectivity index (χ2v) is 7.35. The molecule has 0 fully saturated rings. The summed E-state index contributed by atoms with van der Waals surface area (Å²) in [7, 11) is 1.51. The van der Waals surface area contributed by atoms with Crippen LogP contribution >= 0.6 is 0 Å². The molecular weight excluding hydrogens is 453 g/mol. The highest BCUT2D eigenvalue weighted by atomic mass is 19.4. The Balaban J connectivity index is 1.65. The molecule has 0 bridgehead atoms. The van der Waals surface area contributed by atoms with Crippen LogP contribution in [0.4, 0.5) is 18.9 Å². The maximum atomic E-state index is 12.9. The van der Waals surface area contributed by atoms with Crippen molar-refractivity contribution in [3.63, 3.8) is 0 Å². The molecule has 34 heavy (non-hydrogen) atoms. The van der Waals surface area contributed by atoms with Crippen molar-refractivity contribution in [1.29, 1.82) is 0 Å². The molecule has 1 atom stereocenters. The number of nitrogens with zero attached hydrogens (tertiary/aromatic N) is 3. The number of para-hydroxylation sites is 1. The summed E-state index contributed by atoms with van der Waals surface area (Å²) in [4.78, 5) is 32.8. The van der Waals surface area contributed by atoms with Crippen molar-refractivity contribution in [3.8, 4) is 11.4 Å². The van der Waals surface area contributed by atoms with Crippen LogP contribution in [0.2, 0.25) is 0 Å². The SMILES string of the molecule is COc1cc(C=CC2NC(=O)c3ccccc3N2OC(=O)C(F)(F)F)ccc1-n1cnc(C)c1. The molecule has 4 rings (SSSR count). The molecule has 176 valence electrons. The third-order valence-corrected chi connectivity index (χ3v) is 5.00. The van der Waals surface area contributed by atoms with Crippen molar-refractivity contribution < 1.29 is 32.3 Å². The molecule has 3 aromatic rings. The fourth-order valence-corrected chi connectivity index (χ4v) is 3.42.